The Balaban J connectivity index is 1.53. The van der Waals surface area contributed by atoms with E-state index in [1.165, 1.54) is 0 Å². The maximum atomic E-state index is 10.0. The average molecular weight is 661 g/mol. The number of benzene rings is 7. The van der Waals surface area contributed by atoms with Crippen molar-refractivity contribution in [1.82, 2.24) is 9.13 Å². The van der Waals surface area contributed by atoms with Gasteiger partial charge in [-0.1, -0.05) is 72.8 Å². The van der Waals surface area contributed by atoms with E-state index in [4.69, 9.17) is 0 Å². The molecular formula is C46H24N6. The Morgan fingerprint density at radius 3 is 0.865 bits per heavy atom. The second-order valence-corrected chi connectivity index (χ2v) is 12.7. The summed E-state index contributed by atoms with van der Waals surface area (Å²) in [4.78, 5) is 0. The van der Waals surface area contributed by atoms with Gasteiger partial charge in [-0.05, 0) is 95.1 Å². The maximum Gasteiger partial charge on any atom is 0.0992 e. The summed E-state index contributed by atoms with van der Waals surface area (Å²) < 4.78 is 4.56. The van der Waals surface area contributed by atoms with Gasteiger partial charge < -0.3 is 9.13 Å². The van der Waals surface area contributed by atoms with Crippen LogP contribution in [0.3, 0.4) is 0 Å². The molecule has 0 bridgehead atoms. The van der Waals surface area contributed by atoms with Crippen LogP contribution in [0.1, 0.15) is 22.3 Å². The number of fused-ring (bicyclic) bond motifs is 6. The van der Waals surface area contributed by atoms with Crippen LogP contribution in [0.4, 0.5) is 0 Å². The van der Waals surface area contributed by atoms with E-state index in [2.05, 4.69) is 94.1 Å². The van der Waals surface area contributed by atoms with Gasteiger partial charge in [0.2, 0.25) is 0 Å². The molecule has 6 nitrogen and oxygen atoms in total. The predicted octanol–water partition coefficient (Wildman–Crippen LogP) is 10.7. The molecule has 0 saturated heterocycles. The number of para-hydroxylation sites is 4. The van der Waals surface area contributed by atoms with E-state index in [0.717, 1.165) is 66.1 Å². The van der Waals surface area contributed by atoms with Gasteiger partial charge in [0.15, 0.2) is 0 Å². The Morgan fingerprint density at radius 1 is 0.327 bits per heavy atom. The molecule has 6 heteroatoms. The lowest BCUT2D eigenvalue weighted by Crippen LogP contribution is -2.05. The molecule has 0 radical (unpaired) electrons. The van der Waals surface area contributed by atoms with Gasteiger partial charge in [-0.15, -0.1) is 0 Å². The standard InChI is InChI=1S/C46H24N6/c47-25-29-17-30(26-48)20-33(19-29)39-23-45(51-41-13-5-1-9-35(41)36-10-2-6-14-42(36)51)46(24-40(39)34-21-31(27-49)18-32(22-34)28-50)52-43-15-7-3-11-37(43)38-12-4-8-16-44(38)52/h1-24H. The molecule has 9 aromatic rings. The minimum atomic E-state index is 0.355. The van der Waals surface area contributed by atoms with Crippen LogP contribution in [0.25, 0.3) is 77.2 Å². The molecule has 2 heterocycles. The summed E-state index contributed by atoms with van der Waals surface area (Å²) in [6.07, 6.45) is 0. The summed E-state index contributed by atoms with van der Waals surface area (Å²) in [6, 6.07) is 56.8. The third kappa shape index (κ3) is 4.62. The van der Waals surface area contributed by atoms with Crippen molar-refractivity contribution in [2.75, 3.05) is 0 Å². The molecular weight excluding hydrogens is 637 g/mol. The minimum absolute atomic E-state index is 0.355. The molecule has 238 valence electrons. The number of hydrogen-bond donors (Lipinski definition) is 0. The third-order valence-electron chi connectivity index (χ3n) is 9.76. The highest BCUT2D eigenvalue weighted by Crippen LogP contribution is 2.44. The quantitative estimate of drug-likeness (QED) is 0.187. The van der Waals surface area contributed by atoms with E-state index in [1.54, 1.807) is 36.4 Å². The predicted molar refractivity (Wildman–Crippen MR) is 205 cm³/mol. The van der Waals surface area contributed by atoms with Gasteiger partial charge >= 0.3 is 0 Å². The second kappa shape index (κ2) is 11.9. The number of nitriles is 4. The zero-order valence-corrected chi connectivity index (χ0v) is 27.5. The molecule has 0 spiro atoms. The van der Waals surface area contributed by atoms with E-state index < -0.39 is 0 Å². The fourth-order valence-electron chi connectivity index (χ4n) is 7.60. The van der Waals surface area contributed by atoms with Gasteiger partial charge in [-0.25, -0.2) is 0 Å². The lowest BCUT2D eigenvalue weighted by Gasteiger charge is -2.22. The fraction of sp³-hybridized carbons (Fsp3) is 0. The first-order valence-corrected chi connectivity index (χ1v) is 16.7. The number of aromatic nitrogens is 2. The Kier molecular flexibility index (Phi) is 6.91. The van der Waals surface area contributed by atoms with Gasteiger partial charge in [0.1, 0.15) is 0 Å². The number of rotatable bonds is 4. The number of hydrogen-bond acceptors (Lipinski definition) is 4. The van der Waals surface area contributed by atoms with Crippen LogP contribution in [0.5, 0.6) is 0 Å². The van der Waals surface area contributed by atoms with E-state index >= 15 is 0 Å². The topological polar surface area (TPSA) is 105 Å². The van der Waals surface area contributed by atoms with Crippen molar-refractivity contribution in [3.05, 3.63) is 168 Å². The van der Waals surface area contributed by atoms with Crippen molar-refractivity contribution in [1.29, 1.82) is 21.0 Å². The molecule has 0 N–H and O–H groups in total. The molecule has 0 unspecified atom stereocenters. The molecule has 2 aromatic heterocycles. The van der Waals surface area contributed by atoms with Crippen LogP contribution in [0.2, 0.25) is 0 Å². The van der Waals surface area contributed by atoms with Gasteiger partial charge in [-0.2, -0.15) is 21.0 Å². The van der Waals surface area contributed by atoms with Crippen molar-refractivity contribution in [2.24, 2.45) is 0 Å². The Morgan fingerprint density at radius 2 is 0.596 bits per heavy atom. The zero-order chi connectivity index (χ0) is 35.3. The Bertz CT molecular complexity index is 2750. The summed E-state index contributed by atoms with van der Waals surface area (Å²) in [5.41, 5.74) is 10.1. The number of nitrogens with zero attached hydrogens (tertiary/aromatic N) is 6. The molecule has 0 aliphatic carbocycles. The first kappa shape index (κ1) is 30.2. The van der Waals surface area contributed by atoms with Crippen LogP contribution < -0.4 is 0 Å². The summed E-state index contributed by atoms with van der Waals surface area (Å²) >= 11 is 0. The van der Waals surface area contributed by atoms with E-state index in [1.807, 2.05) is 48.5 Å². The van der Waals surface area contributed by atoms with Crippen LogP contribution in [0, 0.1) is 45.3 Å². The SMILES string of the molecule is N#Cc1cc(C#N)cc(-c2cc(-n3c4ccccc4c4ccccc43)c(-n3c4ccccc4c4ccccc43)cc2-c2cc(C#N)cc(C#N)c2)c1. The van der Waals surface area contributed by atoms with Crippen LogP contribution in [0.15, 0.2) is 146 Å². The van der Waals surface area contributed by atoms with E-state index in [0.29, 0.717) is 33.4 Å². The molecule has 0 aliphatic heterocycles. The van der Waals surface area contributed by atoms with Crippen molar-refractivity contribution >= 4 is 43.6 Å². The smallest absolute Gasteiger partial charge is 0.0992 e. The minimum Gasteiger partial charge on any atom is -0.307 e. The van der Waals surface area contributed by atoms with Crippen LogP contribution in [-0.2, 0) is 0 Å². The zero-order valence-electron chi connectivity index (χ0n) is 27.5. The van der Waals surface area contributed by atoms with Gasteiger partial charge in [-0.3, -0.25) is 0 Å². The normalized spacial score (nSPS) is 11.0. The largest absolute Gasteiger partial charge is 0.307 e. The van der Waals surface area contributed by atoms with Gasteiger partial charge in [0.05, 0.1) is 80.0 Å². The monoisotopic (exact) mass is 660 g/mol. The third-order valence-corrected chi connectivity index (χ3v) is 9.76. The molecule has 0 aliphatic rings. The molecule has 7 aromatic carbocycles. The molecule has 0 amide bonds. The Hall–Kier alpha value is -7.90. The highest BCUT2D eigenvalue weighted by Gasteiger charge is 2.23. The summed E-state index contributed by atoms with van der Waals surface area (Å²) in [5.74, 6) is 0. The van der Waals surface area contributed by atoms with Crippen molar-refractivity contribution in [2.45, 2.75) is 0 Å². The first-order chi connectivity index (χ1) is 25.6. The van der Waals surface area contributed by atoms with Crippen molar-refractivity contribution in [3.63, 3.8) is 0 Å². The maximum absolute atomic E-state index is 10.0. The highest BCUT2D eigenvalue weighted by molar-refractivity contribution is 6.12. The van der Waals surface area contributed by atoms with Gasteiger partial charge in [0, 0.05) is 21.5 Å². The summed E-state index contributed by atoms with van der Waals surface area (Å²) in [5, 5.41) is 44.5. The molecule has 9 rings (SSSR count). The van der Waals surface area contributed by atoms with E-state index in [-0.39, 0.29) is 0 Å². The first-order valence-electron chi connectivity index (χ1n) is 16.7. The van der Waals surface area contributed by atoms with Crippen LogP contribution >= 0.6 is 0 Å². The van der Waals surface area contributed by atoms with E-state index in [9.17, 15) is 21.0 Å². The fourth-order valence-corrected chi connectivity index (χ4v) is 7.60. The molecule has 0 saturated carbocycles. The van der Waals surface area contributed by atoms with Crippen molar-refractivity contribution in [3.8, 4) is 57.9 Å². The molecule has 0 fully saturated rings. The second-order valence-electron chi connectivity index (χ2n) is 12.7. The summed E-state index contributed by atoms with van der Waals surface area (Å²) in [7, 11) is 0. The highest BCUT2D eigenvalue weighted by atomic mass is 15.1. The van der Waals surface area contributed by atoms with Crippen molar-refractivity contribution < 1.29 is 0 Å². The summed E-state index contributed by atoms with van der Waals surface area (Å²) in [6.45, 7) is 0. The molecule has 52 heavy (non-hydrogen) atoms. The molecule has 0 atom stereocenters. The lowest BCUT2D eigenvalue weighted by molar-refractivity contribution is 1.10. The van der Waals surface area contributed by atoms with Crippen LogP contribution in [-0.4, -0.2) is 9.13 Å². The van der Waals surface area contributed by atoms with Gasteiger partial charge in [0.25, 0.3) is 0 Å². The Labute approximate surface area is 298 Å². The lowest BCUT2D eigenvalue weighted by atomic mass is 9.90. The average Bonchev–Trinajstić information content (AvgIpc) is 3.73.